The van der Waals surface area contributed by atoms with Crippen LogP contribution in [0, 0.1) is 0 Å². The van der Waals surface area contributed by atoms with Gasteiger partial charge in [0.2, 0.25) is 0 Å². The zero-order valence-corrected chi connectivity index (χ0v) is 13.9. The predicted molar refractivity (Wildman–Crippen MR) is 93.1 cm³/mol. The number of para-hydroxylation sites is 1. The van der Waals surface area contributed by atoms with Crippen molar-refractivity contribution in [3.63, 3.8) is 0 Å². The summed E-state index contributed by atoms with van der Waals surface area (Å²) in [5, 5.41) is 6.15. The monoisotopic (exact) mass is 330 g/mol. The third kappa shape index (κ3) is 4.57. The first-order valence-corrected chi connectivity index (χ1v) is 7.86. The Bertz CT molecular complexity index is 716. The van der Waals surface area contributed by atoms with Gasteiger partial charge >= 0.3 is 0 Å². The number of hydrogen-bond acceptors (Lipinski definition) is 2. The average Bonchev–Trinajstić information content (AvgIpc) is 2.55. The SMILES string of the molecule is CC[C@H](C)NC(=O)c1ccccc1NC(=O)c1cccc(Cl)c1. The van der Waals surface area contributed by atoms with Gasteiger partial charge in [0.1, 0.15) is 0 Å². The minimum atomic E-state index is -0.309. The molecule has 0 radical (unpaired) electrons. The van der Waals surface area contributed by atoms with Crippen LogP contribution in [-0.2, 0) is 0 Å². The van der Waals surface area contributed by atoms with Gasteiger partial charge in [-0.1, -0.05) is 36.7 Å². The van der Waals surface area contributed by atoms with Gasteiger partial charge in [0.05, 0.1) is 11.3 Å². The highest BCUT2D eigenvalue weighted by Gasteiger charge is 2.15. The highest BCUT2D eigenvalue weighted by molar-refractivity contribution is 6.31. The fraction of sp³-hybridized carbons (Fsp3) is 0.222. The third-order valence-corrected chi connectivity index (χ3v) is 3.73. The van der Waals surface area contributed by atoms with Gasteiger partial charge in [0, 0.05) is 16.6 Å². The molecule has 1 atom stereocenters. The van der Waals surface area contributed by atoms with Crippen molar-refractivity contribution < 1.29 is 9.59 Å². The molecule has 0 fully saturated rings. The fourth-order valence-corrected chi connectivity index (χ4v) is 2.21. The minimum Gasteiger partial charge on any atom is -0.350 e. The number of nitrogens with one attached hydrogen (secondary N) is 2. The zero-order chi connectivity index (χ0) is 16.8. The molecule has 2 aromatic rings. The van der Waals surface area contributed by atoms with E-state index in [-0.39, 0.29) is 17.9 Å². The minimum absolute atomic E-state index is 0.0687. The summed E-state index contributed by atoms with van der Waals surface area (Å²) in [6, 6.07) is 13.7. The van der Waals surface area contributed by atoms with Gasteiger partial charge in [0.15, 0.2) is 0 Å². The van der Waals surface area contributed by atoms with Crippen molar-refractivity contribution in [3.05, 3.63) is 64.7 Å². The molecular formula is C18H19ClN2O2. The Labute approximate surface area is 140 Å². The maximum absolute atomic E-state index is 12.3. The summed E-state index contributed by atoms with van der Waals surface area (Å²) in [4.78, 5) is 24.6. The molecule has 0 aliphatic carbocycles. The van der Waals surface area contributed by atoms with Crippen molar-refractivity contribution in [2.24, 2.45) is 0 Å². The van der Waals surface area contributed by atoms with Gasteiger partial charge in [-0.2, -0.15) is 0 Å². The number of carbonyl (C=O) groups is 2. The van der Waals surface area contributed by atoms with Gasteiger partial charge in [-0.15, -0.1) is 0 Å². The molecule has 0 spiro atoms. The Kier molecular flexibility index (Phi) is 5.77. The molecule has 2 rings (SSSR count). The van der Waals surface area contributed by atoms with Gasteiger partial charge < -0.3 is 10.6 Å². The predicted octanol–water partition coefficient (Wildman–Crippen LogP) is 4.12. The van der Waals surface area contributed by atoms with Crippen molar-refractivity contribution in [2.45, 2.75) is 26.3 Å². The lowest BCUT2D eigenvalue weighted by Gasteiger charge is -2.14. The van der Waals surface area contributed by atoms with Crippen molar-refractivity contribution in [3.8, 4) is 0 Å². The van der Waals surface area contributed by atoms with Gasteiger partial charge in [-0.25, -0.2) is 0 Å². The van der Waals surface area contributed by atoms with E-state index in [9.17, 15) is 9.59 Å². The second-order valence-electron chi connectivity index (χ2n) is 5.29. The molecule has 0 aliphatic rings. The van der Waals surface area contributed by atoms with Crippen LogP contribution in [0.1, 0.15) is 41.0 Å². The molecule has 5 heteroatoms. The highest BCUT2D eigenvalue weighted by atomic mass is 35.5. The summed E-state index contributed by atoms with van der Waals surface area (Å²) in [5.41, 5.74) is 1.34. The number of anilines is 1. The highest BCUT2D eigenvalue weighted by Crippen LogP contribution is 2.18. The zero-order valence-electron chi connectivity index (χ0n) is 13.1. The van der Waals surface area contributed by atoms with Gasteiger partial charge in [-0.05, 0) is 43.7 Å². The number of carbonyl (C=O) groups excluding carboxylic acids is 2. The molecular weight excluding hydrogens is 312 g/mol. The first kappa shape index (κ1) is 17.0. The second-order valence-corrected chi connectivity index (χ2v) is 5.73. The molecule has 0 heterocycles. The van der Waals surface area contributed by atoms with Crippen LogP contribution in [0.3, 0.4) is 0 Å². The van der Waals surface area contributed by atoms with E-state index in [4.69, 9.17) is 11.6 Å². The van der Waals surface area contributed by atoms with Crippen molar-refractivity contribution in [2.75, 3.05) is 5.32 Å². The van der Waals surface area contributed by atoms with E-state index in [1.165, 1.54) is 0 Å². The van der Waals surface area contributed by atoms with Crippen LogP contribution in [-0.4, -0.2) is 17.9 Å². The number of rotatable bonds is 5. The first-order valence-electron chi connectivity index (χ1n) is 7.48. The number of benzene rings is 2. The van der Waals surface area contributed by atoms with Crippen LogP contribution in [0.4, 0.5) is 5.69 Å². The van der Waals surface area contributed by atoms with Crippen LogP contribution >= 0.6 is 11.6 Å². The van der Waals surface area contributed by atoms with E-state index >= 15 is 0 Å². The van der Waals surface area contributed by atoms with E-state index in [0.717, 1.165) is 6.42 Å². The maximum Gasteiger partial charge on any atom is 0.255 e. The van der Waals surface area contributed by atoms with E-state index in [2.05, 4.69) is 10.6 Å². The quantitative estimate of drug-likeness (QED) is 0.866. The second kappa shape index (κ2) is 7.79. The van der Waals surface area contributed by atoms with Crippen LogP contribution in [0.5, 0.6) is 0 Å². The van der Waals surface area contributed by atoms with Crippen LogP contribution in [0.15, 0.2) is 48.5 Å². The van der Waals surface area contributed by atoms with Gasteiger partial charge in [0.25, 0.3) is 11.8 Å². The third-order valence-electron chi connectivity index (χ3n) is 3.50. The molecule has 4 nitrogen and oxygen atoms in total. The Morgan fingerprint density at radius 2 is 1.83 bits per heavy atom. The molecule has 2 N–H and O–H groups in total. The number of amides is 2. The average molecular weight is 331 g/mol. The molecule has 0 aliphatic heterocycles. The molecule has 2 aromatic carbocycles. The normalized spacial score (nSPS) is 11.6. The van der Waals surface area contributed by atoms with Gasteiger partial charge in [-0.3, -0.25) is 9.59 Å². The fourth-order valence-electron chi connectivity index (χ4n) is 2.02. The Hall–Kier alpha value is -2.33. The van der Waals surface area contributed by atoms with E-state index < -0.39 is 0 Å². The summed E-state index contributed by atoms with van der Waals surface area (Å²) in [7, 11) is 0. The Morgan fingerprint density at radius 1 is 1.09 bits per heavy atom. The molecule has 23 heavy (non-hydrogen) atoms. The maximum atomic E-state index is 12.3. The molecule has 0 saturated heterocycles. The summed E-state index contributed by atoms with van der Waals surface area (Å²) < 4.78 is 0. The first-order chi connectivity index (χ1) is 11.0. The van der Waals surface area contributed by atoms with Crippen LogP contribution in [0.2, 0.25) is 5.02 Å². The smallest absolute Gasteiger partial charge is 0.255 e. The number of hydrogen-bond donors (Lipinski definition) is 2. The van der Waals surface area contributed by atoms with E-state index in [1.54, 1.807) is 48.5 Å². The van der Waals surface area contributed by atoms with Crippen molar-refractivity contribution >= 4 is 29.1 Å². The summed E-state index contributed by atoms with van der Waals surface area (Å²) in [6.07, 6.45) is 0.836. The lowest BCUT2D eigenvalue weighted by Crippen LogP contribution is -2.32. The van der Waals surface area contributed by atoms with Crippen molar-refractivity contribution in [1.29, 1.82) is 0 Å². The largest absolute Gasteiger partial charge is 0.350 e. The summed E-state index contributed by atoms with van der Waals surface area (Å²) in [5.74, 6) is -0.516. The Morgan fingerprint density at radius 3 is 2.52 bits per heavy atom. The molecule has 120 valence electrons. The van der Waals surface area contributed by atoms with Crippen LogP contribution in [0.25, 0.3) is 0 Å². The molecule has 0 saturated carbocycles. The van der Waals surface area contributed by atoms with Crippen LogP contribution < -0.4 is 10.6 Å². The molecule has 0 bridgehead atoms. The van der Waals surface area contributed by atoms with E-state index in [0.29, 0.717) is 21.8 Å². The van der Waals surface area contributed by atoms with E-state index in [1.807, 2.05) is 13.8 Å². The molecule has 0 unspecified atom stereocenters. The lowest BCUT2D eigenvalue weighted by molar-refractivity contribution is 0.0940. The molecule has 0 aromatic heterocycles. The lowest BCUT2D eigenvalue weighted by atomic mass is 10.1. The topological polar surface area (TPSA) is 58.2 Å². The summed E-state index contributed by atoms with van der Waals surface area (Å²) >= 11 is 5.90. The van der Waals surface area contributed by atoms with Crippen molar-refractivity contribution in [1.82, 2.24) is 5.32 Å². The Balaban J connectivity index is 2.20. The standard InChI is InChI=1S/C18H19ClN2O2/c1-3-12(2)20-18(23)15-9-4-5-10-16(15)21-17(22)13-7-6-8-14(19)11-13/h4-12H,3H2,1-2H3,(H,20,23)(H,21,22)/t12-/m0/s1. The number of halogens is 1. The summed E-state index contributed by atoms with van der Waals surface area (Å²) in [6.45, 7) is 3.93. The molecule has 2 amide bonds.